The second kappa shape index (κ2) is 12.2. The first-order valence-corrected chi connectivity index (χ1v) is 17.4. The lowest BCUT2D eigenvalue weighted by molar-refractivity contribution is -0.677. The van der Waals surface area contributed by atoms with E-state index in [1.165, 1.54) is 0 Å². The number of hydroxylamine groups is 1. The van der Waals surface area contributed by atoms with Crippen LogP contribution in [0.2, 0.25) is 0 Å². The minimum atomic E-state index is -4.41. The van der Waals surface area contributed by atoms with Gasteiger partial charge in [0.05, 0.1) is 26.9 Å². The van der Waals surface area contributed by atoms with Gasteiger partial charge in [0.25, 0.3) is 15.6 Å². The highest BCUT2D eigenvalue weighted by Crippen LogP contribution is 2.44. The van der Waals surface area contributed by atoms with Gasteiger partial charge in [-0.25, -0.2) is 8.42 Å². The number of ether oxygens (including phenoxy) is 1. The number of nitrogens with one attached hydrogen (secondary N) is 1. The first-order valence-electron chi connectivity index (χ1n) is 14.2. The molecule has 1 aliphatic heterocycles. The van der Waals surface area contributed by atoms with E-state index in [0.29, 0.717) is 36.2 Å². The minimum absolute atomic E-state index is 0.0869. The van der Waals surface area contributed by atoms with Gasteiger partial charge in [-0.2, -0.15) is 22.7 Å². The highest BCUT2D eigenvalue weighted by atomic mass is 32.2. The van der Waals surface area contributed by atoms with E-state index in [1.54, 1.807) is 13.0 Å². The molecular weight excluding hydrogens is 606 g/mol. The van der Waals surface area contributed by atoms with Crippen LogP contribution in [0, 0.1) is 0 Å². The lowest BCUT2D eigenvalue weighted by Crippen LogP contribution is -2.37. The van der Waals surface area contributed by atoms with Crippen LogP contribution >= 0.6 is 0 Å². The van der Waals surface area contributed by atoms with E-state index in [0.717, 1.165) is 32.7 Å². The zero-order valence-electron chi connectivity index (χ0n) is 23.9. The van der Waals surface area contributed by atoms with Crippen molar-refractivity contribution in [3.8, 4) is 5.75 Å². The number of oxazole rings is 1. The molecule has 11 nitrogen and oxygen atoms in total. The monoisotopic (exact) mass is 637 g/mol. The predicted octanol–water partition coefficient (Wildman–Crippen LogP) is 4.42. The lowest BCUT2D eigenvalue weighted by Gasteiger charge is -2.19. The van der Waals surface area contributed by atoms with E-state index in [-0.39, 0.29) is 25.1 Å². The Hall–Kier alpha value is -4.01. The number of aromatic nitrogens is 1. The van der Waals surface area contributed by atoms with Crippen LogP contribution in [0.1, 0.15) is 25.7 Å². The maximum atomic E-state index is 12.4. The minimum Gasteiger partial charge on any atom is -0.748 e. The maximum Gasteiger partial charge on any atom is 0.379 e. The molecule has 1 aliphatic rings. The Morgan fingerprint density at radius 2 is 1.61 bits per heavy atom. The largest absolute Gasteiger partial charge is 0.748 e. The normalized spacial score (nSPS) is 14.6. The molecule has 4 aromatic carbocycles. The molecule has 230 valence electrons. The fourth-order valence-electron chi connectivity index (χ4n) is 5.50. The summed E-state index contributed by atoms with van der Waals surface area (Å²) in [5.41, 5.74) is 4.54. The van der Waals surface area contributed by atoms with Gasteiger partial charge in [-0.1, -0.05) is 61.5 Å². The molecule has 0 amide bonds. The Labute approximate surface area is 255 Å². The Kier molecular flexibility index (Phi) is 8.31. The third-order valence-electron chi connectivity index (χ3n) is 7.36. The topological polar surface area (TPSA) is 142 Å². The van der Waals surface area contributed by atoms with Crippen molar-refractivity contribution in [2.45, 2.75) is 26.3 Å². The van der Waals surface area contributed by atoms with Crippen molar-refractivity contribution in [2.75, 3.05) is 29.5 Å². The van der Waals surface area contributed by atoms with Gasteiger partial charge in [-0.15, -0.1) is 0 Å². The summed E-state index contributed by atoms with van der Waals surface area (Å²) in [4.78, 5) is 1.91. The number of aryl methyl sites for hydroxylation is 1. The molecule has 13 heteroatoms. The summed E-state index contributed by atoms with van der Waals surface area (Å²) < 4.78 is 78.4. The molecule has 0 spiro atoms. The van der Waals surface area contributed by atoms with Gasteiger partial charge in [0.15, 0.2) is 12.3 Å². The van der Waals surface area contributed by atoms with Crippen molar-refractivity contribution in [3.63, 3.8) is 0 Å². The van der Waals surface area contributed by atoms with Crippen LogP contribution in [-0.2, 0) is 31.1 Å². The molecule has 1 N–H and O–H groups in total. The van der Waals surface area contributed by atoms with E-state index in [1.807, 2.05) is 82.3 Å². The highest BCUT2D eigenvalue weighted by molar-refractivity contribution is 7.86. The first kappa shape index (κ1) is 30.0. The Balaban J connectivity index is 1.44. The predicted molar refractivity (Wildman–Crippen MR) is 166 cm³/mol. The highest BCUT2D eigenvalue weighted by Gasteiger charge is 2.32. The van der Waals surface area contributed by atoms with Crippen LogP contribution in [0.4, 0.5) is 5.69 Å². The standard InChI is InChI=1S/C31H31N3O8S2/c1-2-32-42-44(38,39)20-8-18-34-29(41-27-16-14-23-10-4-6-12-25(23)31(27)34)21-28-33(17-7-19-43(35,36)37)30-24-11-5-3-9-22(24)13-15-26(30)40-28/h3-6,9-16,21,32H,2,7-8,17-20H2,1H3. The van der Waals surface area contributed by atoms with Gasteiger partial charge in [0.2, 0.25) is 11.5 Å². The Bertz CT molecular complexity index is 2110. The summed E-state index contributed by atoms with van der Waals surface area (Å²) in [6.07, 6.45) is 2.05. The Morgan fingerprint density at radius 1 is 0.909 bits per heavy atom. The van der Waals surface area contributed by atoms with E-state index >= 15 is 0 Å². The van der Waals surface area contributed by atoms with Crippen LogP contribution in [0.15, 0.2) is 83.1 Å². The van der Waals surface area contributed by atoms with Crippen molar-refractivity contribution in [3.05, 3.63) is 84.6 Å². The average molecular weight is 638 g/mol. The molecule has 0 saturated carbocycles. The van der Waals surface area contributed by atoms with E-state index in [9.17, 15) is 21.4 Å². The second-order valence-electron chi connectivity index (χ2n) is 10.4. The molecule has 0 fully saturated rings. The van der Waals surface area contributed by atoms with Crippen molar-refractivity contribution < 1.29 is 39.4 Å². The summed E-state index contributed by atoms with van der Waals surface area (Å²) in [6, 6.07) is 23.3. The molecule has 2 heterocycles. The molecule has 6 rings (SSSR count). The molecule has 0 atom stereocenters. The van der Waals surface area contributed by atoms with Gasteiger partial charge in [0, 0.05) is 30.6 Å². The third kappa shape index (κ3) is 6.28. The maximum absolute atomic E-state index is 12.4. The van der Waals surface area contributed by atoms with Crippen molar-refractivity contribution in [1.29, 1.82) is 0 Å². The summed E-state index contributed by atoms with van der Waals surface area (Å²) in [5, 5.41) is 3.81. The number of nitrogens with zero attached hydrogens (tertiary/aromatic N) is 2. The quantitative estimate of drug-likeness (QED) is 0.119. The zero-order chi connectivity index (χ0) is 30.9. The zero-order valence-corrected chi connectivity index (χ0v) is 25.6. The Morgan fingerprint density at radius 3 is 2.36 bits per heavy atom. The molecule has 0 bridgehead atoms. The van der Waals surface area contributed by atoms with Gasteiger partial charge in [-0.05, 0) is 35.4 Å². The molecule has 1 aromatic heterocycles. The van der Waals surface area contributed by atoms with Gasteiger partial charge in [0.1, 0.15) is 6.08 Å². The SMILES string of the molecule is CCNOS(=O)(=O)CCCN1C(=Cc2oc3ccc4ccccc4c3[n+]2CCCS(=O)(=O)[O-])Oc2ccc3ccccc3c21. The van der Waals surface area contributed by atoms with Crippen LogP contribution < -0.4 is 19.7 Å². The van der Waals surface area contributed by atoms with E-state index < -0.39 is 26.0 Å². The van der Waals surface area contributed by atoms with Crippen molar-refractivity contribution >= 4 is 64.6 Å². The fraction of sp³-hybridized carbons (Fsp3) is 0.258. The molecule has 0 saturated heterocycles. The van der Waals surface area contributed by atoms with Crippen molar-refractivity contribution in [1.82, 2.24) is 5.48 Å². The molecule has 0 unspecified atom stereocenters. The van der Waals surface area contributed by atoms with Gasteiger partial charge in [-0.3, -0.25) is 0 Å². The number of anilines is 1. The molecule has 44 heavy (non-hydrogen) atoms. The van der Waals surface area contributed by atoms with Crippen molar-refractivity contribution in [2.24, 2.45) is 0 Å². The third-order valence-corrected chi connectivity index (χ3v) is 9.31. The number of benzene rings is 4. The van der Waals surface area contributed by atoms with Crippen LogP contribution in [0.3, 0.4) is 0 Å². The van der Waals surface area contributed by atoms with Crippen LogP contribution in [0.25, 0.3) is 38.7 Å². The van der Waals surface area contributed by atoms with Gasteiger partial charge < -0.3 is 18.6 Å². The first-order chi connectivity index (χ1) is 21.1. The number of fused-ring (bicyclic) bond motifs is 6. The number of hydrogen-bond acceptors (Lipinski definition) is 10. The summed E-state index contributed by atoms with van der Waals surface area (Å²) >= 11 is 0. The summed E-state index contributed by atoms with van der Waals surface area (Å²) in [5.74, 6) is 0.670. The molecular formula is C31H31N3O8S2. The molecule has 0 aliphatic carbocycles. The number of rotatable bonds is 12. The molecule has 5 aromatic rings. The lowest BCUT2D eigenvalue weighted by atomic mass is 10.1. The fourth-order valence-corrected chi connectivity index (χ4v) is 6.85. The average Bonchev–Trinajstić information content (AvgIpc) is 3.53. The van der Waals surface area contributed by atoms with Crippen LogP contribution in [0.5, 0.6) is 5.75 Å². The van der Waals surface area contributed by atoms with Crippen LogP contribution in [-0.4, -0.2) is 46.0 Å². The summed E-state index contributed by atoms with van der Waals surface area (Å²) in [7, 11) is -8.20. The molecule has 0 radical (unpaired) electrons. The number of hydrogen-bond donors (Lipinski definition) is 1. The summed E-state index contributed by atoms with van der Waals surface area (Å²) in [6.45, 7) is 2.58. The smallest absolute Gasteiger partial charge is 0.379 e. The van der Waals surface area contributed by atoms with E-state index in [2.05, 4.69) is 5.48 Å². The second-order valence-corrected chi connectivity index (χ2v) is 13.6. The van der Waals surface area contributed by atoms with Gasteiger partial charge >= 0.3 is 5.89 Å². The van der Waals surface area contributed by atoms with E-state index in [4.69, 9.17) is 13.4 Å².